The molecule has 0 aromatic rings. The molecule has 2 rings (SSSR count). The van der Waals surface area contributed by atoms with Gasteiger partial charge in [-0.3, -0.25) is 4.99 Å². The van der Waals surface area contributed by atoms with Crippen LogP contribution in [-0.4, -0.2) is 50.1 Å². The third-order valence-electron chi connectivity index (χ3n) is 4.93. The summed E-state index contributed by atoms with van der Waals surface area (Å²) in [5.74, 6) is 1.08. The van der Waals surface area contributed by atoms with E-state index >= 15 is 0 Å². The maximum absolute atomic E-state index is 4.85. The molecule has 0 bridgehead atoms. The van der Waals surface area contributed by atoms with Crippen molar-refractivity contribution in [2.24, 2.45) is 4.99 Å². The predicted octanol–water partition coefficient (Wildman–Crippen LogP) is 3.14. The molecule has 0 amide bonds. The highest BCUT2D eigenvalue weighted by atomic mass is 15.2. The molecule has 22 heavy (non-hydrogen) atoms. The van der Waals surface area contributed by atoms with Crippen LogP contribution in [0.3, 0.4) is 0 Å². The van der Waals surface area contributed by atoms with Crippen molar-refractivity contribution in [2.45, 2.75) is 82.7 Å². The predicted molar refractivity (Wildman–Crippen MR) is 95.5 cm³/mol. The van der Waals surface area contributed by atoms with Gasteiger partial charge >= 0.3 is 0 Å². The fourth-order valence-corrected chi connectivity index (χ4v) is 3.59. The molecule has 2 aliphatic rings. The summed E-state index contributed by atoms with van der Waals surface area (Å²) in [4.78, 5) is 7.09. The first kappa shape index (κ1) is 17.6. The number of rotatable bonds is 6. The van der Waals surface area contributed by atoms with Gasteiger partial charge in [0.25, 0.3) is 0 Å². The molecular weight excluding hydrogens is 272 g/mol. The third kappa shape index (κ3) is 6.99. The Labute approximate surface area is 137 Å². The molecule has 0 spiro atoms. The molecule has 2 N–H and O–H groups in total. The van der Waals surface area contributed by atoms with Gasteiger partial charge in [-0.15, -0.1) is 0 Å². The van der Waals surface area contributed by atoms with E-state index in [-0.39, 0.29) is 0 Å². The summed E-state index contributed by atoms with van der Waals surface area (Å²) < 4.78 is 0. The third-order valence-corrected chi connectivity index (χ3v) is 4.93. The van der Waals surface area contributed by atoms with Crippen molar-refractivity contribution in [1.82, 2.24) is 15.5 Å². The summed E-state index contributed by atoms with van der Waals surface area (Å²) in [6.45, 7) is 2.04. The van der Waals surface area contributed by atoms with Gasteiger partial charge in [0.05, 0.1) is 0 Å². The molecule has 2 saturated carbocycles. The Kier molecular flexibility index (Phi) is 8.06. The molecule has 0 heterocycles. The monoisotopic (exact) mass is 308 g/mol. The molecule has 0 aliphatic heterocycles. The lowest BCUT2D eigenvalue weighted by atomic mass is 9.95. The SMILES string of the molecule is CN(C)CCCN=C(NC1CCCCC1)NC1CCCCC1. The molecule has 4 heteroatoms. The Hall–Kier alpha value is -0.770. The minimum absolute atomic E-state index is 0.637. The average Bonchev–Trinajstić information content (AvgIpc) is 2.53. The van der Waals surface area contributed by atoms with Crippen molar-refractivity contribution >= 4 is 5.96 Å². The van der Waals surface area contributed by atoms with Crippen molar-refractivity contribution in [3.8, 4) is 0 Å². The number of guanidine groups is 1. The van der Waals surface area contributed by atoms with E-state index in [4.69, 9.17) is 4.99 Å². The maximum Gasteiger partial charge on any atom is 0.191 e. The van der Waals surface area contributed by atoms with E-state index in [2.05, 4.69) is 29.6 Å². The standard InChI is InChI=1S/C18H36N4/c1-22(2)15-9-14-19-18(20-16-10-5-3-6-11-16)21-17-12-7-4-8-13-17/h16-17H,3-15H2,1-2H3,(H2,19,20,21). The average molecular weight is 309 g/mol. The van der Waals surface area contributed by atoms with Crippen LogP contribution < -0.4 is 10.6 Å². The number of hydrogen-bond acceptors (Lipinski definition) is 2. The first-order valence-corrected chi connectivity index (χ1v) is 9.46. The number of nitrogens with one attached hydrogen (secondary N) is 2. The van der Waals surface area contributed by atoms with Gasteiger partial charge in [-0.2, -0.15) is 0 Å². The van der Waals surface area contributed by atoms with Crippen LogP contribution in [0.15, 0.2) is 4.99 Å². The molecule has 2 fully saturated rings. The molecule has 0 atom stereocenters. The number of aliphatic imine (C=N–C) groups is 1. The van der Waals surface area contributed by atoms with Gasteiger partial charge in [0.1, 0.15) is 0 Å². The van der Waals surface area contributed by atoms with Gasteiger partial charge < -0.3 is 15.5 Å². The van der Waals surface area contributed by atoms with Crippen molar-refractivity contribution in [2.75, 3.05) is 27.2 Å². The highest BCUT2D eigenvalue weighted by molar-refractivity contribution is 5.80. The lowest BCUT2D eigenvalue weighted by molar-refractivity contribution is 0.386. The molecule has 0 unspecified atom stereocenters. The van der Waals surface area contributed by atoms with Crippen LogP contribution in [0, 0.1) is 0 Å². The zero-order chi connectivity index (χ0) is 15.6. The minimum atomic E-state index is 0.637. The van der Waals surface area contributed by atoms with Gasteiger partial charge in [0.2, 0.25) is 0 Å². The molecule has 0 aromatic carbocycles. The molecule has 2 aliphatic carbocycles. The smallest absolute Gasteiger partial charge is 0.191 e. The molecule has 4 nitrogen and oxygen atoms in total. The van der Waals surface area contributed by atoms with Gasteiger partial charge in [-0.05, 0) is 52.7 Å². The van der Waals surface area contributed by atoms with E-state index in [1.165, 1.54) is 64.2 Å². The van der Waals surface area contributed by atoms with Crippen LogP contribution >= 0.6 is 0 Å². The maximum atomic E-state index is 4.85. The van der Waals surface area contributed by atoms with E-state index in [0.717, 1.165) is 25.5 Å². The minimum Gasteiger partial charge on any atom is -0.354 e. The first-order valence-electron chi connectivity index (χ1n) is 9.46. The Morgan fingerprint density at radius 2 is 1.36 bits per heavy atom. The second-order valence-electron chi connectivity index (χ2n) is 7.35. The fraction of sp³-hybridized carbons (Fsp3) is 0.944. The summed E-state index contributed by atoms with van der Waals surface area (Å²) in [7, 11) is 4.26. The fourth-order valence-electron chi connectivity index (χ4n) is 3.59. The summed E-state index contributed by atoms with van der Waals surface area (Å²) in [5, 5.41) is 7.43. The number of nitrogens with zero attached hydrogens (tertiary/aromatic N) is 2. The quantitative estimate of drug-likeness (QED) is 0.450. The lowest BCUT2D eigenvalue weighted by Gasteiger charge is -2.29. The number of hydrogen-bond donors (Lipinski definition) is 2. The first-order chi connectivity index (χ1) is 10.7. The Bertz CT molecular complexity index is 293. The molecule has 0 saturated heterocycles. The van der Waals surface area contributed by atoms with Gasteiger partial charge in [-0.1, -0.05) is 38.5 Å². The highest BCUT2D eigenvalue weighted by Crippen LogP contribution is 2.19. The van der Waals surface area contributed by atoms with Crippen molar-refractivity contribution in [3.63, 3.8) is 0 Å². The molecule has 0 aromatic heterocycles. The van der Waals surface area contributed by atoms with Gasteiger partial charge in [-0.25, -0.2) is 0 Å². The Morgan fingerprint density at radius 3 is 1.82 bits per heavy atom. The molecule has 128 valence electrons. The van der Waals surface area contributed by atoms with Crippen molar-refractivity contribution < 1.29 is 0 Å². The van der Waals surface area contributed by atoms with Crippen molar-refractivity contribution in [3.05, 3.63) is 0 Å². The topological polar surface area (TPSA) is 39.7 Å². The highest BCUT2D eigenvalue weighted by Gasteiger charge is 2.18. The van der Waals surface area contributed by atoms with E-state index in [1.54, 1.807) is 0 Å². The summed E-state index contributed by atoms with van der Waals surface area (Å²) in [6, 6.07) is 1.27. The van der Waals surface area contributed by atoms with Crippen LogP contribution in [-0.2, 0) is 0 Å². The zero-order valence-electron chi connectivity index (χ0n) is 14.7. The largest absolute Gasteiger partial charge is 0.354 e. The Balaban J connectivity index is 1.82. The van der Waals surface area contributed by atoms with Crippen LogP contribution in [0.25, 0.3) is 0 Å². The summed E-state index contributed by atoms with van der Waals surface area (Å²) >= 11 is 0. The zero-order valence-corrected chi connectivity index (χ0v) is 14.7. The van der Waals surface area contributed by atoms with Crippen LogP contribution in [0.4, 0.5) is 0 Å². The van der Waals surface area contributed by atoms with E-state index in [9.17, 15) is 0 Å². The Morgan fingerprint density at radius 1 is 0.864 bits per heavy atom. The van der Waals surface area contributed by atoms with Gasteiger partial charge in [0, 0.05) is 18.6 Å². The second kappa shape index (κ2) is 10.1. The normalized spacial score (nSPS) is 20.9. The van der Waals surface area contributed by atoms with Crippen molar-refractivity contribution in [1.29, 1.82) is 0 Å². The summed E-state index contributed by atoms with van der Waals surface area (Å²) in [6.07, 6.45) is 14.7. The van der Waals surface area contributed by atoms with E-state index in [1.807, 2.05) is 0 Å². The van der Waals surface area contributed by atoms with E-state index in [0.29, 0.717) is 12.1 Å². The summed E-state index contributed by atoms with van der Waals surface area (Å²) in [5.41, 5.74) is 0. The van der Waals surface area contributed by atoms with E-state index < -0.39 is 0 Å². The molecule has 0 radical (unpaired) electrons. The molecular formula is C18H36N4. The van der Waals surface area contributed by atoms with Gasteiger partial charge in [0.15, 0.2) is 5.96 Å². The van der Waals surface area contributed by atoms with Crippen LogP contribution in [0.5, 0.6) is 0 Å². The second-order valence-corrected chi connectivity index (χ2v) is 7.35. The lowest BCUT2D eigenvalue weighted by Crippen LogP contribution is -2.48. The van der Waals surface area contributed by atoms with Crippen LogP contribution in [0.2, 0.25) is 0 Å². The van der Waals surface area contributed by atoms with Crippen LogP contribution in [0.1, 0.15) is 70.6 Å².